The summed E-state index contributed by atoms with van der Waals surface area (Å²) in [6.45, 7) is 8.50. The van der Waals surface area contributed by atoms with Gasteiger partial charge in [0.1, 0.15) is 5.41 Å². The van der Waals surface area contributed by atoms with E-state index < -0.39 is 5.41 Å². The van der Waals surface area contributed by atoms with Gasteiger partial charge in [-0.25, -0.2) is 9.79 Å². The number of nitrogens with zero attached hydrogens (tertiary/aromatic N) is 1. The second-order valence-electron chi connectivity index (χ2n) is 4.54. The van der Waals surface area contributed by atoms with Crippen LogP contribution in [0.5, 0.6) is 0 Å². The van der Waals surface area contributed by atoms with Crippen LogP contribution in [0.1, 0.15) is 40.5 Å². The molecule has 4 nitrogen and oxygen atoms in total. The molecule has 5 heteroatoms. The van der Waals surface area contributed by atoms with Crippen molar-refractivity contribution >= 4 is 16.3 Å². The van der Waals surface area contributed by atoms with Crippen molar-refractivity contribution in [2.45, 2.75) is 58.2 Å². The molecule has 0 unspecified atom stereocenters. The molecule has 0 aliphatic heterocycles. The van der Waals surface area contributed by atoms with Crippen molar-refractivity contribution in [3.63, 3.8) is 0 Å². The van der Waals surface area contributed by atoms with E-state index in [2.05, 4.69) is 4.99 Å². The van der Waals surface area contributed by atoms with Crippen LogP contribution in [-0.4, -0.2) is 40.5 Å². The van der Waals surface area contributed by atoms with Crippen molar-refractivity contribution in [2.75, 3.05) is 6.54 Å². The molecule has 0 aliphatic rings. The molecule has 0 saturated carbocycles. The van der Waals surface area contributed by atoms with Crippen LogP contribution in [0, 0.1) is 0 Å². The summed E-state index contributed by atoms with van der Waals surface area (Å²) in [5.41, 5.74) is -0.458. The van der Waals surface area contributed by atoms with Crippen molar-refractivity contribution in [2.24, 2.45) is 4.99 Å². The zero-order chi connectivity index (χ0) is 12.6. The summed E-state index contributed by atoms with van der Waals surface area (Å²) < 4.78 is 11.7. The Bertz CT molecular complexity index is 227. The fraction of sp³-hybridized carbons (Fsp3) is 0.909. The average molecular weight is 245 g/mol. The van der Waals surface area contributed by atoms with E-state index in [-0.39, 0.29) is 12.2 Å². The standard InChI is InChI=1S/C11H23NO3Si/c1-9(2)14-11(16,15-10(3)4)6-5-7-12-8-13/h9-10H,5-7H2,1-4,16H3. The maximum Gasteiger partial charge on any atom is 0.234 e. The van der Waals surface area contributed by atoms with E-state index >= 15 is 0 Å². The third-order valence-electron chi connectivity index (χ3n) is 1.94. The first-order chi connectivity index (χ1) is 7.39. The normalized spacial score (nSPS) is 12.1. The smallest absolute Gasteiger partial charge is 0.234 e. The number of hydrogen-bond acceptors (Lipinski definition) is 4. The van der Waals surface area contributed by atoms with Crippen LogP contribution >= 0.6 is 0 Å². The van der Waals surface area contributed by atoms with Gasteiger partial charge in [0.25, 0.3) is 0 Å². The Morgan fingerprint density at radius 3 is 2.12 bits per heavy atom. The summed E-state index contributed by atoms with van der Waals surface area (Å²) in [5.74, 6) is 0. The number of rotatable bonds is 8. The van der Waals surface area contributed by atoms with E-state index in [9.17, 15) is 4.79 Å². The Kier molecular flexibility index (Phi) is 7.50. The Hall–Kier alpha value is -0.483. The van der Waals surface area contributed by atoms with E-state index in [0.29, 0.717) is 6.54 Å². The van der Waals surface area contributed by atoms with Gasteiger partial charge in [-0.3, -0.25) is 0 Å². The van der Waals surface area contributed by atoms with Gasteiger partial charge in [0.05, 0.1) is 29.0 Å². The minimum Gasteiger partial charge on any atom is -0.352 e. The number of hydrogen-bond donors (Lipinski definition) is 0. The van der Waals surface area contributed by atoms with Gasteiger partial charge >= 0.3 is 0 Å². The summed E-state index contributed by atoms with van der Waals surface area (Å²) in [7, 11) is 0.798. The van der Waals surface area contributed by atoms with Gasteiger partial charge in [-0.1, -0.05) is 0 Å². The van der Waals surface area contributed by atoms with Crippen LogP contribution in [0.2, 0.25) is 0 Å². The molecule has 0 rings (SSSR count). The first kappa shape index (κ1) is 15.5. The molecule has 0 N–H and O–H groups in total. The summed E-state index contributed by atoms with van der Waals surface area (Å²) in [6, 6.07) is 0. The lowest BCUT2D eigenvalue weighted by Crippen LogP contribution is -2.41. The lowest BCUT2D eigenvalue weighted by atomic mass is 10.3. The van der Waals surface area contributed by atoms with E-state index in [1.54, 1.807) is 6.08 Å². The van der Waals surface area contributed by atoms with Crippen molar-refractivity contribution in [3.8, 4) is 0 Å². The molecule has 0 aromatic heterocycles. The van der Waals surface area contributed by atoms with Gasteiger partial charge in [0, 0.05) is 0 Å². The van der Waals surface area contributed by atoms with Crippen LogP contribution in [0.4, 0.5) is 0 Å². The highest BCUT2D eigenvalue weighted by atomic mass is 28.1. The highest BCUT2D eigenvalue weighted by molar-refractivity contribution is 6.13. The van der Waals surface area contributed by atoms with E-state index in [4.69, 9.17) is 9.47 Å². The number of aliphatic imine (C=N–C) groups is 1. The van der Waals surface area contributed by atoms with Crippen LogP contribution in [0.25, 0.3) is 0 Å². The fourth-order valence-corrected chi connectivity index (χ4v) is 2.96. The molecule has 0 heterocycles. The zero-order valence-corrected chi connectivity index (χ0v) is 12.9. The molecule has 0 aromatic carbocycles. The predicted molar refractivity (Wildman–Crippen MR) is 67.3 cm³/mol. The van der Waals surface area contributed by atoms with Crippen LogP contribution in [0.15, 0.2) is 4.99 Å². The largest absolute Gasteiger partial charge is 0.352 e. The van der Waals surface area contributed by atoms with Crippen molar-refractivity contribution < 1.29 is 14.3 Å². The van der Waals surface area contributed by atoms with Crippen molar-refractivity contribution in [3.05, 3.63) is 0 Å². The van der Waals surface area contributed by atoms with Gasteiger partial charge in [0.2, 0.25) is 6.08 Å². The van der Waals surface area contributed by atoms with Gasteiger partial charge in [-0.05, 0) is 40.5 Å². The molecule has 0 aliphatic carbocycles. The van der Waals surface area contributed by atoms with Gasteiger partial charge < -0.3 is 9.47 Å². The molecule has 0 amide bonds. The Morgan fingerprint density at radius 2 is 1.75 bits per heavy atom. The highest BCUT2D eigenvalue weighted by Crippen LogP contribution is 2.20. The molecule has 94 valence electrons. The minimum absolute atomic E-state index is 0.144. The SMILES string of the molecule is CC(C)OC([SiH3])(CCCN=C=O)OC(C)C. The van der Waals surface area contributed by atoms with Crippen LogP contribution < -0.4 is 0 Å². The fourth-order valence-electron chi connectivity index (χ4n) is 1.67. The van der Waals surface area contributed by atoms with Crippen LogP contribution in [0.3, 0.4) is 0 Å². The lowest BCUT2D eigenvalue weighted by molar-refractivity contribution is -0.217. The number of carbonyl (C=O) groups excluding carboxylic acids is 1. The van der Waals surface area contributed by atoms with Gasteiger partial charge in [-0.2, -0.15) is 0 Å². The van der Waals surface area contributed by atoms with Gasteiger partial charge in [-0.15, -0.1) is 0 Å². The first-order valence-corrected chi connectivity index (χ1v) is 6.79. The van der Waals surface area contributed by atoms with Crippen molar-refractivity contribution in [1.29, 1.82) is 0 Å². The highest BCUT2D eigenvalue weighted by Gasteiger charge is 2.27. The summed E-state index contributed by atoms with van der Waals surface area (Å²) in [5, 5.41) is 0. The lowest BCUT2D eigenvalue weighted by Gasteiger charge is -2.34. The second-order valence-corrected chi connectivity index (χ2v) is 6.07. The molecule has 0 saturated heterocycles. The van der Waals surface area contributed by atoms with E-state index in [1.807, 2.05) is 27.7 Å². The molecule has 0 radical (unpaired) electrons. The van der Waals surface area contributed by atoms with E-state index in [0.717, 1.165) is 23.1 Å². The first-order valence-electron chi connectivity index (χ1n) is 5.79. The predicted octanol–water partition coefficient (Wildman–Crippen LogP) is 0.972. The maximum absolute atomic E-state index is 9.94. The summed E-state index contributed by atoms with van der Waals surface area (Å²) in [6.07, 6.45) is 3.40. The molecular formula is C11H23NO3Si. The van der Waals surface area contributed by atoms with Gasteiger partial charge in [0.15, 0.2) is 0 Å². The molecule has 0 bridgehead atoms. The molecule has 0 atom stereocenters. The third-order valence-corrected chi connectivity index (χ3v) is 2.91. The quantitative estimate of drug-likeness (QED) is 0.210. The molecule has 16 heavy (non-hydrogen) atoms. The monoisotopic (exact) mass is 245 g/mol. The molecule has 0 fully saturated rings. The van der Waals surface area contributed by atoms with Crippen molar-refractivity contribution in [1.82, 2.24) is 0 Å². The second kappa shape index (κ2) is 7.74. The minimum atomic E-state index is -0.458. The third kappa shape index (κ3) is 7.76. The summed E-state index contributed by atoms with van der Waals surface area (Å²) in [4.78, 5) is 13.5. The molecule has 0 spiro atoms. The summed E-state index contributed by atoms with van der Waals surface area (Å²) >= 11 is 0. The Morgan fingerprint density at radius 1 is 1.25 bits per heavy atom. The molecule has 0 aromatic rings. The van der Waals surface area contributed by atoms with E-state index in [1.165, 1.54) is 0 Å². The average Bonchev–Trinajstić information content (AvgIpc) is 2.09. The van der Waals surface area contributed by atoms with Crippen LogP contribution in [-0.2, 0) is 14.3 Å². The molecular weight excluding hydrogens is 222 g/mol. The zero-order valence-electron chi connectivity index (χ0n) is 10.9. The Labute approximate surface area is 101 Å². The Balaban J connectivity index is 4.22. The topological polar surface area (TPSA) is 47.9 Å². The number of ether oxygens (including phenoxy) is 2. The maximum atomic E-state index is 9.94. The number of isocyanates is 1.